The molecule has 2 amide bonds. The number of carboxylic acid groups (broad SMARTS) is 1. The number of amides is 2. The van der Waals surface area contributed by atoms with Gasteiger partial charge in [0, 0.05) is 5.56 Å². The van der Waals surface area contributed by atoms with E-state index in [-0.39, 0.29) is 22.0 Å². The number of aromatic carboxylic acids is 1. The number of hydrogen-bond donors (Lipinski definition) is 1. The fraction of sp³-hybridized carbons (Fsp3) is 0.0435. The van der Waals surface area contributed by atoms with Crippen LogP contribution in [0, 0.1) is 0 Å². The highest BCUT2D eigenvalue weighted by Gasteiger charge is 2.36. The molecule has 1 N–H and O–H groups in total. The van der Waals surface area contributed by atoms with Crippen molar-refractivity contribution in [2.24, 2.45) is 0 Å². The second-order valence-electron chi connectivity index (χ2n) is 6.70. The first kappa shape index (κ1) is 21.0. The molecule has 0 unspecified atom stereocenters. The lowest BCUT2D eigenvalue weighted by Crippen LogP contribution is -2.54. The molecule has 0 aliphatic carbocycles. The van der Waals surface area contributed by atoms with Gasteiger partial charge in [-0.15, -0.1) is 0 Å². The van der Waals surface area contributed by atoms with Crippen LogP contribution in [0.25, 0.3) is 17.4 Å². The van der Waals surface area contributed by atoms with Gasteiger partial charge in [-0.3, -0.25) is 14.9 Å². The highest BCUT2D eigenvalue weighted by atomic mass is 32.1. The molecule has 1 aliphatic rings. The molecule has 0 saturated carbocycles. The summed E-state index contributed by atoms with van der Waals surface area (Å²) in [6.45, 7) is 0. The van der Waals surface area contributed by atoms with Crippen molar-refractivity contribution in [3.05, 3.63) is 77.6 Å². The lowest BCUT2D eigenvalue weighted by atomic mass is 10.1. The monoisotopic (exact) mass is 447 g/mol. The lowest BCUT2D eigenvalue weighted by molar-refractivity contribution is -0.255. The average Bonchev–Trinajstić information content (AvgIpc) is 3.26. The van der Waals surface area contributed by atoms with Crippen molar-refractivity contribution in [2.75, 3.05) is 12.0 Å². The molecule has 1 aliphatic heterocycles. The van der Waals surface area contributed by atoms with Crippen LogP contribution in [0.1, 0.15) is 16.1 Å². The van der Waals surface area contributed by atoms with Crippen LogP contribution in [0.2, 0.25) is 0 Å². The predicted octanol–water partition coefficient (Wildman–Crippen LogP) is 2.15. The fourth-order valence-electron chi connectivity index (χ4n) is 3.22. The summed E-state index contributed by atoms with van der Waals surface area (Å²) in [7, 11) is 1.46. The van der Waals surface area contributed by atoms with Crippen molar-refractivity contribution in [3.8, 4) is 17.1 Å². The minimum atomic E-state index is -1.31. The summed E-state index contributed by atoms with van der Waals surface area (Å²) < 4.78 is 11.0. The second-order valence-corrected chi connectivity index (χ2v) is 7.09. The second kappa shape index (κ2) is 8.48. The number of furan rings is 1. The number of anilines is 1. The molecular weight excluding hydrogens is 432 g/mol. The number of ether oxygens (including phenoxy) is 1. The Morgan fingerprint density at radius 3 is 2.66 bits per heavy atom. The van der Waals surface area contributed by atoms with Crippen molar-refractivity contribution in [1.29, 1.82) is 0 Å². The van der Waals surface area contributed by atoms with Gasteiger partial charge in [-0.25, -0.2) is 4.90 Å². The minimum absolute atomic E-state index is 0.00148. The SMILES string of the molecule is COc1ccccc1N1C(=O)/C(=C\c2ccc(-c3cccc(C(=O)[O-])c3)o2)C(=O)NC1=S. The Kier molecular flexibility index (Phi) is 5.57. The van der Waals surface area contributed by atoms with Crippen LogP contribution in [0.3, 0.4) is 0 Å². The summed E-state index contributed by atoms with van der Waals surface area (Å²) in [6, 6.07) is 16.0. The van der Waals surface area contributed by atoms with E-state index in [0.717, 1.165) is 0 Å². The van der Waals surface area contributed by atoms with E-state index in [0.29, 0.717) is 22.8 Å². The van der Waals surface area contributed by atoms with E-state index < -0.39 is 17.8 Å². The van der Waals surface area contributed by atoms with E-state index in [4.69, 9.17) is 21.4 Å². The van der Waals surface area contributed by atoms with Gasteiger partial charge >= 0.3 is 0 Å². The van der Waals surface area contributed by atoms with E-state index in [9.17, 15) is 19.5 Å². The molecule has 0 radical (unpaired) electrons. The number of benzene rings is 2. The van der Waals surface area contributed by atoms with Crippen molar-refractivity contribution in [2.45, 2.75) is 0 Å². The molecule has 32 heavy (non-hydrogen) atoms. The smallest absolute Gasteiger partial charge is 0.270 e. The quantitative estimate of drug-likeness (QED) is 0.362. The topological polar surface area (TPSA) is 112 Å². The van der Waals surface area contributed by atoms with Crippen molar-refractivity contribution >= 4 is 46.9 Å². The van der Waals surface area contributed by atoms with Crippen molar-refractivity contribution in [1.82, 2.24) is 5.32 Å². The summed E-state index contributed by atoms with van der Waals surface area (Å²) in [5.41, 5.74) is 0.707. The number of carboxylic acids is 1. The standard InChI is InChI=1S/C23H16N2O6S/c1-30-19-8-3-2-7-17(19)25-21(27)16(20(26)24-23(25)32)12-15-9-10-18(31-15)13-5-4-6-14(11-13)22(28)29/h2-12H,1H3,(H,28,29)(H,24,26,32)/p-1/b16-12-. The van der Waals surface area contributed by atoms with Crippen LogP contribution in [0.15, 0.2) is 70.7 Å². The van der Waals surface area contributed by atoms with Gasteiger partial charge in [-0.05, 0) is 54.2 Å². The van der Waals surface area contributed by atoms with E-state index in [1.165, 1.54) is 30.2 Å². The number of methoxy groups -OCH3 is 1. The Morgan fingerprint density at radius 1 is 1.12 bits per heavy atom. The highest BCUT2D eigenvalue weighted by molar-refractivity contribution is 7.80. The van der Waals surface area contributed by atoms with Gasteiger partial charge in [0.25, 0.3) is 11.8 Å². The Bertz CT molecular complexity index is 1290. The van der Waals surface area contributed by atoms with Gasteiger partial charge in [0.1, 0.15) is 22.8 Å². The first-order valence-corrected chi connectivity index (χ1v) is 9.76. The fourth-order valence-corrected chi connectivity index (χ4v) is 3.49. The molecule has 0 atom stereocenters. The zero-order chi connectivity index (χ0) is 22.8. The minimum Gasteiger partial charge on any atom is -0.545 e. The molecule has 9 heteroatoms. The van der Waals surface area contributed by atoms with Gasteiger partial charge in [-0.2, -0.15) is 0 Å². The van der Waals surface area contributed by atoms with Crippen LogP contribution in [-0.4, -0.2) is 30.0 Å². The van der Waals surface area contributed by atoms with Crippen LogP contribution in [-0.2, 0) is 9.59 Å². The summed E-state index contributed by atoms with van der Waals surface area (Å²) >= 11 is 5.20. The van der Waals surface area contributed by atoms with E-state index in [1.807, 2.05) is 0 Å². The van der Waals surface area contributed by atoms with Gasteiger partial charge < -0.3 is 19.1 Å². The van der Waals surface area contributed by atoms with Crippen molar-refractivity contribution in [3.63, 3.8) is 0 Å². The Labute approximate surface area is 187 Å². The zero-order valence-electron chi connectivity index (χ0n) is 16.7. The molecule has 160 valence electrons. The number of rotatable bonds is 5. The molecule has 4 rings (SSSR count). The summed E-state index contributed by atoms with van der Waals surface area (Å²) in [5, 5.41) is 13.5. The maximum atomic E-state index is 13.2. The molecule has 2 aromatic carbocycles. The summed E-state index contributed by atoms with van der Waals surface area (Å²) in [5.74, 6) is -1.61. The van der Waals surface area contributed by atoms with E-state index in [2.05, 4.69) is 5.32 Å². The molecule has 1 fully saturated rings. The third-order valence-corrected chi connectivity index (χ3v) is 5.01. The average molecular weight is 447 g/mol. The van der Waals surface area contributed by atoms with Gasteiger partial charge in [-0.1, -0.05) is 30.3 Å². The first-order chi connectivity index (χ1) is 15.4. The summed E-state index contributed by atoms with van der Waals surface area (Å²) in [4.78, 5) is 37.9. The third kappa shape index (κ3) is 3.88. The van der Waals surface area contributed by atoms with E-state index in [1.54, 1.807) is 48.5 Å². The van der Waals surface area contributed by atoms with Crippen LogP contribution in [0.4, 0.5) is 5.69 Å². The number of carbonyl (C=O) groups excluding carboxylic acids is 3. The van der Waals surface area contributed by atoms with Crippen molar-refractivity contribution < 1.29 is 28.6 Å². The van der Waals surface area contributed by atoms with Gasteiger partial charge in [0.15, 0.2) is 5.11 Å². The molecule has 3 aromatic rings. The molecular formula is C23H15N2O6S-. The molecule has 8 nitrogen and oxygen atoms in total. The number of para-hydroxylation sites is 2. The largest absolute Gasteiger partial charge is 0.545 e. The van der Waals surface area contributed by atoms with Gasteiger partial charge in [0.05, 0.1) is 18.8 Å². The highest BCUT2D eigenvalue weighted by Crippen LogP contribution is 2.31. The maximum absolute atomic E-state index is 13.2. The predicted molar refractivity (Wildman–Crippen MR) is 118 cm³/mol. The number of thiocarbonyl (C=S) groups is 1. The number of nitrogens with one attached hydrogen (secondary N) is 1. The first-order valence-electron chi connectivity index (χ1n) is 9.35. The molecule has 1 aromatic heterocycles. The van der Waals surface area contributed by atoms with E-state index >= 15 is 0 Å². The molecule has 2 heterocycles. The lowest BCUT2D eigenvalue weighted by Gasteiger charge is -2.29. The normalized spacial score (nSPS) is 15.1. The van der Waals surface area contributed by atoms with Crippen LogP contribution in [0.5, 0.6) is 5.75 Å². The molecule has 0 bridgehead atoms. The Balaban J connectivity index is 1.69. The summed E-state index contributed by atoms with van der Waals surface area (Å²) in [6.07, 6.45) is 1.30. The molecule has 0 spiro atoms. The van der Waals surface area contributed by atoms with Gasteiger partial charge in [0.2, 0.25) is 0 Å². The zero-order valence-corrected chi connectivity index (χ0v) is 17.5. The Morgan fingerprint density at radius 2 is 1.91 bits per heavy atom. The van der Waals surface area contributed by atoms with Crippen LogP contribution >= 0.6 is 12.2 Å². The number of carbonyl (C=O) groups is 3. The number of nitrogens with zero attached hydrogens (tertiary/aromatic N) is 1. The molecule has 1 saturated heterocycles. The van der Waals surface area contributed by atoms with Crippen LogP contribution < -0.4 is 20.1 Å². The third-order valence-electron chi connectivity index (χ3n) is 4.72. The Hall–Kier alpha value is -4.24. The number of hydrogen-bond acceptors (Lipinski definition) is 7. The maximum Gasteiger partial charge on any atom is 0.270 e.